The normalized spacial score (nSPS) is 18.7. The molecular weight excluding hydrogens is 279 g/mol. The van der Waals surface area contributed by atoms with Crippen LogP contribution in [0.3, 0.4) is 0 Å². The zero-order valence-corrected chi connectivity index (χ0v) is 12.6. The number of ether oxygens (including phenoxy) is 4. The zero-order valence-electron chi connectivity index (χ0n) is 12.6. The van der Waals surface area contributed by atoms with E-state index in [-0.39, 0.29) is 12.8 Å². The summed E-state index contributed by atoms with van der Waals surface area (Å²) in [6.45, 7) is 0. The van der Waals surface area contributed by atoms with Crippen LogP contribution in [0.15, 0.2) is 18.2 Å². The molecule has 0 atom stereocenters. The number of esters is 1. The summed E-state index contributed by atoms with van der Waals surface area (Å²) in [6, 6.07) is 4.08. The number of carbonyl (C=O) groups is 1. The van der Waals surface area contributed by atoms with Gasteiger partial charge in [0.25, 0.3) is 0 Å². The van der Waals surface area contributed by atoms with Gasteiger partial charge in [-0.05, 0) is 18.2 Å². The lowest BCUT2D eigenvalue weighted by Gasteiger charge is -2.52. The van der Waals surface area contributed by atoms with E-state index in [1.165, 1.54) is 46.6 Å². The van der Waals surface area contributed by atoms with E-state index in [4.69, 9.17) is 18.9 Å². The molecule has 1 aromatic rings. The predicted octanol–water partition coefficient (Wildman–Crippen LogP) is 2.03. The number of hydrogen-bond donors (Lipinski definition) is 0. The largest absolute Gasteiger partial charge is 0.496 e. The van der Waals surface area contributed by atoms with Gasteiger partial charge in [-0.1, -0.05) is 0 Å². The second-order valence-corrected chi connectivity index (χ2v) is 5.09. The summed E-state index contributed by atoms with van der Waals surface area (Å²) in [4.78, 5) is 12.3. The van der Waals surface area contributed by atoms with E-state index in [1.54, 1.807) is 0 Å². The Labute approximate surface area is 122 Å². The van der Waals surface area contributed by atoms with Crippen molar-refractivity contribution in [2.75, 3.05) is 28.4 Å². The first-order chi connectivity index (χ1) is 9.96. The van der Waals surface area contributed by atoms with Crippen LogP contribution >= 0.6 is 0 Å². The Kier molecular flexibility index (Phi) is 4.20. The third-order valence-corrected chi connectivity index (χ3v) is 4.14. The van der Waals surface area contributed by atoms with Crippen LogP contribution in [0.1, 0.15) is 18.4 Å². The number of methoxy groups -OCH3 is 4. The molecule has 1 saturated carbocycles. The molecule has 116 valence electrons. The fraction of sp³-hybridized carbons (Fsp3) is 0.533. The number of hydrogen-bond acceptors (Lipinski definition) is 5. The van der Waals surface area contributed by atoms with Gasteiger partial charge in [-0.2, -0.15) is 0 Å². The minimum absolute atomic E-state index is 0.236. The maximum atomic E-state index is 13.6. The van der Waals surface area contributed by atoms with Gasteiger partial charge in [0.05, 0.1) is 14.2 Å². The molecule has 0 radical (unpaired) electrons. The average molecular weight is 298 g/mol. The van der Waals surface area contributed by atoms with Gasteiger partial charge in [0, 0.05) is 32.6 Å². The molecule has 0 unspecified atom stereocenters. The zero-order chi connectivity index (χ0) is 15.7. The second-order valence-electron chi connectivity index (χ2n) is 5.09. The van der Waals surface area contributed by atoms with Gasteiger partial charge in [-0.25, -0.2) is 4.39 Å². The van der Waals surface area contributed by atoms with Crippen molar-refractivity contribution in [2.45, 2.75) is 24.0 Å². The first-order valence-corrected chi connectivity index (χ1v) is 6.49. The molecule has 5 nitrogen and oxygen atoms in total. The molecule has 6 heteroatoms. The predicted molar refractivity (Wildman–Crippen MR) is 72.6 cm³/mol. The third kappa shape index (κ3) is 2.38. The van der Waals surface area contributed by atoms with E-state index in [0.29, 0.717) is 11.3 Å². The highest BCUT2D eigenvalue weighted by atomic mass is 19.1. The van der Waals surface area contributed by atoms with E-state index in [0.717, 1.165) is 0 Å². The summed E-state index contributed by atoms with van der Waals surface area (Å²) in [7, 11) is 5.79. The lowest BCUT2D eigenvalue weighted by molar-refractivity contribution is -0.278. The number of benzene rings is 1. The quantitative estimate of drug-likeness (QED) is 0.615. The number of halogens is 1. The van der Waals surface area contributed by atoms with Gasteiger partial charge in [-0.15, -0.1) is 0 Å². The maximum absolute atomic E-state index is 13.6. The Bertz CT molecular complexity index is 531. The van der Waals surface area contributed by atoms with Crippen molar-refractivity contribution in [1.29, 1.82) is 0 Å². The molecule has 1 aromatic carbocycles. The van der Waals surface area contributed by atoms with Crippen molar-refractivity contribution in [2.24, 2.45) is 0 Å². The van der Waals surface area contributed by atoms with Gasteiger partial charge in [0.2, 0.25) is 0 Å². The van der Waals surface area contributed by atoms with Gasteiger partial charge in [0.1, 0.15) is 17.0 Å². The minimum Gasteiger partial charge on any atom is -0.496 e. The second kappa shape index (κ2) is 5.61. The molecule has 0 bridgehead atoms. The fourth-order valence-electron chi connectivity index (χ4n) is 2.93. The molecule has 2 rings (SSSR count). The SMILES string of the molecule is COC(=O)C1(c2cc(F)ccc2OC)CC(OC)(OC)C1. The minimum atomic E-state index is -1.03. The van der Waals surface area contributed by atoms with Crippen LogP contribution < -0.4 is 4.74 Å². The maximum Gasteiger partial charge on any atom is 0.316 e. The monoisotopic (exact) mass is 298 g/mol. The smallest absolute Gasteiger partial charge is 0.316 e. The van der Waals surface area contributed by atoms with E-state index < -0.39 is 23.0 Å². The molecule has 1 fully saturated rings. The molecule has 0 saturated heterocycles. The Morgan fingerprint density at radius 1 is 1.14 bits per heavy atom. The Hall–Kier alpha value is -1.66. The summed E-state index contributed by atoms with van der Waals surface area (Å²) in [6.07, 6.45) is 0.471. The van der Waals surface area contributed by atoms with E-state index >= 15 is 0 Å². The van der Waals surface area contributed by atoms with Crippen LogP contribution in [0.4, 0.5) is 4.39 Å². The standard InChI is InChI=1S/C15H19FO5/c1-18-12-6-5-10(16)7-11(12)14(13(17)19-2)8-15(9-14,20-3)21-4/h5-7H,8-9H2,1-4H3. The summed E-state index contributed by atoms with van der Waals surface area (Å²) in [5.74, 6) is -1.34. The van der Waals surface area contributed by atoms with Crippen LogP contribution in [0.25, 0.3) is 0 Å². The Morgan fingerprint density at radius 3 is 2.24 bits per heavy atom. The van der Waals surface area contributed by atoms with Crippen LogP contribution in [0.2, 0.25) is 0 Å². The molecule has 1 aliphatic rings. The van der Waals surface area contributed by atoms with Crippen molar-refractivity contribution in [3.8, 4) is 5.75 Å². The fourth-order valence-corrected chi connectivity index (χ4v) is 2.93. The van der Waals surface area contributed by atoms with Crippen molar-refractivity contribution in [3.05, 3.63) is 29.6 Å². The van der Waals surface area contributed by atoms with Crippen LogP contribution in [0, 0.1) is 5.82 Å². The summed E-state index contributed by atoms with van der Waals surface area (Å²) >= 11 is 0. The van der Waals surface area contributed by atoms with Gasteiger partial charge >= 0.3 is 5.97 Å². The molecule has 1 aliphatic carbocycles. The van der Waals surface area contributed by atoms with Crippen LogP contribution in [-0.2, 0) is 24.4 Å². The van der Waals surface area contributed by atoms with E-state index in [1.807, 2.05) is 0 Å². The van der Waals surface area contributed by atoms with E-state index in [2.05, 4.69) is 0 Å². The molecule has 0 aliphatic heterocycles. The molecule has 0 heterocycles. The average Bonchev–Trinajstić information content (AvgIpc) is 2.47. The van der Waals surface area contributed by atoms with Crippen LogP contribution in [0.5, 0.6) is 5.75 Å². The molecule has 0 N–H and O–H groups in total. The van der Waals surface area contributed by atoms with E-state index in [9.17, 15) is 9.18 Å². The van der Waals surface area contributed by atoms with Gasteiger partial charge in [0.15, 0.2) is 5.79 Å². The summed E-state index contributed by atoms with van der Waals surface area (Å²) in [5.41, 5.74) is -0.588. The molecular formula is C15H19FO5. The lowest BCUT2D eigenvalue weighted by Crippen LogP contribution is -2.61. The summed E-state index contributed by atoms with van der Waals surface area (Å²) < 4.78 is 34.5. The summed E-state index contributed by atoms with van der Waals surface area (Å²) in [5, 5.41) is 0. The Balaban J connectivity index is 2.49. The molecule has 0 spiro atoms. The highest BCUT2D eigenvalue weighted by molar-refractivity contribution is 5.86. The number of carbonyl (C=O) groups excluding carboxylic acids is 1. The molecule has 0 aromatic heterocycles. The van der Waals surface area contributed by atoms with Gasteiger partial charge < -0.3 is 18.9 Å². The highest BCUT2D eigenvalue weighted by Crippen LogP contribution is 2.55. The topological polar surface area (TPSA) is 54.0 Å². The molecule has 21 heavy (non-hydrogen) atoms. The first kappa shape index (κ1) is 15.7. The van der Waals surface area contributed by atoms with Crippen molar-refractivity contribution >= 4 is 5.97 Å². The number of rotatable bonds is 5. The first-order valence-electron chi connectivity index (χ1n) is 6.49. The van der Waals surface area contributed by atoms with Crippen molar-refractivity contribution in [1.82, 2.24) is 0 Å². The lowest BCUT2D eigenvalue weighted by atomic mass is 9.60. The highest BCUT2D eigenvalue weighted by Gasteiger charge is 2.63. The van der Waals surface area contributed by atoms with Crippen molar-refractivity contribution in [3.63, 3.8) is 0 Å². The van der Waals surface area contributed by atoms with Crippen LogP contribution in [-0.4, -0.2) is 40.2 Å². The molecule has 0 amide bonds. The van der Waals surface area contributed by atoms with Crippen molar-refractivity contribution < 1.29 is 28.1 Å². The van der Waals surface area contributed by atoms with Gasteiger partial charge in [-0.3, -0.25) is 4.79 Å². The Morgan fingerprint density at radius 2 is 1.76 bits per heavy atom. The third-order valence-electron chi connectivity index (χ3n) is 4.14.